The second kappa shape index (κ2) is 12.3. The maximum atomic E-state index is 15.1. The van der Waals surface area contributed by atoms with Gasteiger partial charge in [0, 0.05) is 28.8 Å². The van der Waals surface area contributed by atoms with E-state index in [9.17, 15) is 67.3 Å². The lowest BCUT2D eigenvalue weighted by molar-refractivity contribution is 0.198. The van der Waals surface area contributed by atoms with Gasteiger partial charge in [-0.2, -0.15) is 0 Å². The fraction of sp³-hybridized carbons (Fsp3) is 0.103. The highest BCUT2D eigenvalue weighted by Crippen LogP contribution is 2.41. The number of benzene rings is 3. The lowest BCUT2D eigenvalue weighted by Crippen LogP contribution is -2.15. The van der Waals surface area contributed by atoms with Gasteiger partial charge < -0.3 is 20.2 Å². The van der Waals surface area contributed by atoms with E-state index in [1.54, 1.807) is 0 Å². The fourth-order valence-electron chi connectivity index (χ4n) is 4.92. The molecule has 254 valence electrons. The van der Waals surface area contributed by atoms with Crippen LogP contribution in [0.5, 0.6) is 0 Å². The average molecular weight is 704 g/mol. The van der Waals surface area contributed by atoms with Gasteiger partial charge in [-0.05, 0) is 23.8 Å². The standard InChI is InChI=1S/C29H11F15N2O2/c30-13-10(14(31)20(37)25(42)19(13)36)9(5-3-8(45-4-5)29(48)12-17(34)23(40)27(44)24(41)18(12)35)6-1-2-7(46-6)28(47)11-15(32)21(38)26(43)22(39)16(11)33/h1-4,9,28-29,45-48H. The van der Waals surface area contributed by atoms with Crippen molar-refractivity contribution in [1.29, 1.82) is 0 Å². The van der Waals surface area contributed by atoms with Gasteiger partial charge in [-0.3, -0.25) is 0 Å². The summed E-state index contributed by atoms with van der Waals surface area (Å²) in [5.74, 6) is -40.0. The third kappa shape index (κ3) is 5.16. The third-order valence-electron chi connectivity index (χ3n) is 7.26. The largest absolute Gasteiger partial charge is 0.382 e. The van der Waals surface area contributed by atoms with E-state index in [-0.39, 0.29) is 0 Å². The van der Waals surface area contributed by atoms with Gasteiger partial charge in [0.2, 0.25) is 17.5 Å². The molecule has 0 fully saturated rings. The van der Waals surface area contributed by atoms with Gasteiger partial charge in [0.25, 0.3) is 0 Å². The topological polar surface area (TPSA) is 72.0 Å². The third-order valence-corrected chi connectivity index (χ3v) is 7.26. The van der Waals surface area contributed by atoms with Crippen LogP contribution in [0.25, 0.3) is 0 Å². The van der Waals surface area contributed by atoms with Crippen molar-refractivity contribution in [2.75, 3.05) is 0 Å². The van der Waals surface area contributed by atoms with Crippen LogP contribution >= 0.6 is 0 Å². The molecule has 0 saturated carbocycles. The molecule has 3 unspecified atom stereocenters. The Kier molecular flexibility index (Phi) is 8.80. The van der Waals surface area contributed by atoms with Gasteiger partial charge in [0.05, 0.1) is 17.0 Å². The van der Waals surface area contributed by atoms with E-state index >= 15 is 8.78 Å². The summed E-state index contributed by atoms with van der Waals surface area (Å²) in [7, 11) is 0. The lowest BCUT2D eigenvalue weighted by atomic mass is 9.88. The smallest absolute Gasteiger partial charge is 0.200 e. The second-order valence-corrected chi connectivity index (χ2v) is 9.95. The predicted molar refractivity (Wildman–Crippen MR) is 129 cm³/mol. The molecule has 2 heterocycles. The molecule has 0 bridgehead atoms. The van der Waals surface area contributed by atoms with Crippen LogP contribution in [0.2, 0.25) is 0 Å². The van der Waals surface area contributed by atoms with E-state index in [1.807, 2.05) is 0 Å². The number of aromatic nitrogens is 2. The van der Waals surface area contributed by atoms with Gasteiger partial charge >= 0.3 is 0 Å². The van der Waals surface area contributed by atoms with Crippen molar-refractivity contribution in [2.45, 2.75) is 18.1 Å². The van der Waals surface area contributed by atoms with Crippen molar-refractivity contribution >= 4 is 0 Å². The fourth-order valence-corrected chi connectivity index (χ4v) is 4.92. The number of hydrogen-bond donors (Lipinski definition) is 4. The van der Waals surface area contributed by atoms with Crippen LogP contribution in [0.3, 0.4) is 0 Å². The van der Waals surface area contributed by atoms with Crippen LogP contribution in [0, 0.1) is 87.3 Å². The average Bonchev–Trinajstić information content (AvgIpc) is 3.76. The predicted octanol–water partition coefficient (Wildman–Crippen LogP) is 7.77. The molecule has 48 heavy (non-hydrogen) atoms. The second-order valence-electron chi connectivity index (χ2n) is 9.95. The monoisotopic (exact) mass is 704 g/mol. The summed E-state index contributed by atoms with van der Waals surface area (Å²) in [4.78, 5) is 4.19. The first-order chi connectivity index (χ1) is 22.4. The number of hydrogen-bond acceptors (Lipinski definition) is 2. The van der Waals surface area contributed by atoms with Crippen LogP contribution in [0.4, 0.5) is 65.9 Å². The molecule has 0 spiro atoms. The molecule has 4 N–H and O–H groups in total. The van der Waals surface area contributed by atoms with Crippen molar-refractivity contribution in [3.63, 3.8) is 0 Å². The van der Waals surface area contributed by atoms with Crippen molar-refractivity contribution < 1.29 is 76.1 Å². The molecule has 0 aliphatic heterocycles. The van der Waals surface area contributed by atoms with Crippen molar-refractivity contribution in [2.24, 2.45) is 0 Å². The molecule has 0 aliphatic carbocycles. The number of H-pyrrole nitrogens is 2. The summed E-state index contributed by atoms with van der Waals surface area (Å²) in [5.41, 5.74) is -8.51. The molecular weight excluding hydrogens is 693 g/mol. The molecule has 0 aliphatic rings. The summed E-state index contributed by atoms with van der Waals surface area (Å²) < 4.78 is 212. The van der Waals surface area contributed by atoms with Gasteiger partial charge in [-0.15, -0.1) is 0 Å². The maximum absolute atomic E-state index is 15.1. The minimum atomic E-state index is -2.75. The SMILES string of the molecule is OC(c1cc(C(c2ccc(C(O)c3c(F)c(F)c(F)c(F)c3F)[nH]2)c2c(F)c(F)c(F)c(F)c2F)c[nH]1)c1c(F)c(F)c(F)c(F)c1F. The number of aliphatic hydroxyl groups excluding tert-OH is 2. The molecule has 5 rings (SSSR count). The Balaban J connectivity index is 1.69. The van der Waals surface area contributed by atoms with E-state index in [2.05, 4.69) is 9.97 Å². The summed E-state index contributed by atoms with van der Waals surface area (Å²) in [5, 5.41) is 21.0. The molecule has 2 aromatic heterocycles. The zero-order valence-electron chi connectivity index (χ0n) is 22.6. The highest BCUT2D eigenvalue weighted by atomic mass is 19.2. The van der Waals surface area contributed by atoms with Gasteiger partial charge in [-0.25, -0.2) is 65.9 Å². The Labute approximate surface area is 255 Å². The van der Waals surface area contributed by atoms with E-state index in [1.165, 1.54) is 0 Å². The van der Waals surface area contributed by atoms with Crippen molar-refractivity contribution in [3.05, 3.63) is 151 Å². The zero-order valence-corrected chi connectivity index (χ0v) is 22.6. The number of aliphatic hydroxyl groups is 2. The molecule has 4 nitrogen and oxygen atoms in total. The van der Waals surface area contributed by atoms with Crippen LogP contribution in [0.15, 0.2) is 24.4 Å². The van der Waals surface area contributed by atoms with Crippen LogP contribution in [-0.4, -0.2) is 20.2 Å². The highest BCUT2D eigenvalue weighted by molar-refractivity contribution is 5.46. The van der Waals surface area contributed by atoms with Crippen LogP contribution in [0.1, 0.15) is 57.5 Å². The maximum Gasteiger partial charge on any atom is 0.200 e. The number of halogens is 15. The van der Waals surface area contributed by atoms with E-state index < -0.39 is 145 Å². The van der Waals surface area contributed by atoms with E-state index in [0.29, 0.717) is 24.4 Å². The molecule has 5 aromatic rings. The molecule has 19 heteroatoms. The molecule has 3 atom stereocenters. The molecule has 0 saturated heterocycles. The highest BCUT2D eigenvalue weighted by Gasteiger charge is 2.37. The molecule has 3 aromatic carbocycles. The number of nitrogens with one attached hydrogen (secondary N) is 2. The number of rotatable bonds is 7. The minimum Gasteiger partial charge on any atom is -0.382 e. The quantitative estimate of drug-likeness (QED) is 0.0795. The Morgan fingerprint density at radius 2 is 0.708 bits per heavy atom. The summed E-state index contributed by atoms with van der Waals surface area (Å²) in [6.45, 7) is 0. The van der Waals surface area contributed by atoms with Crippen molar-refractivity contribution in [3.8, 4) is 0 Å². The van der Waals surface area contributed by atoms with E-state index in [0.717, 1.165) is 0 Å². The Bertz CT molecular complexity index is 1910. The first-order valence-electron chi connectivity index (χ1n) is 12.7. The molecule has 0 radical (unpaired) electrons. The normalized spacial score (nSPS) is 13.7. The summed E-state index contributed by atoms with van der Waals surface area (Å²) in [6, 6.07) is 1.88. The van der Waals surface area contributed by atoms with Crippen molar-refractivity contribution in [1.82, 2.24) is 9.97 Å². The van der Waals surface area contributed by atoms with Gasteiger partial charge in [0.15, 0.2) is 69.8 Å². The summed E-state index contributed by atoms with van der Waals surface area (Å²) >= 11 is 0. The lowest BCUT2D eigenvalue weighted by Gasteiger charge is -2.19. The Morgan fingerprint density at radius 1 is 0.396 bits per heavy atom. The first kappa shape index (κ1) is 34.4. The van der Waals surface area contributed by atoms with Gasteiger partial charge in [0.1, 0.15) is 12.2 Å². The zero-order chi connectivity index (χ0) is 35.7. The number of aromatic amines is 2. The van der Waals surface area contributed by atoms with Crippen LogP contribution < -0.4 is 0 Å². The van der Waals surface area contributed by atoms with E-state index in [4.69, 9.17) is 0 Å². The van der Waals surface area contributed by atoms with Gasteiger partial charge in [-0.1, -0.05) is 0 Å². The summed E-state index contributed by atoms with van der Waals surface area (Å²) in [6.07, 6.45) is -4.89. The molecule has 0 amide bonds. The first-order valence-corrected chi connectivity index (χ1v) is 12.7. The molecular formula is C29H11F15N2O2. The van der Waals surface area contributed by atoms with Crippen LogP contribution in [-0.2, 0) is 0 Å². The minimum absolute atomic E-state index is 0.534. The Hall–Kier alpha value is -4.91. The Morgan fingerprint density at radius 3 is 1.10 bits per heavy atom.